The van der Waals surface area contributed by atoms with Gasteiger partial charge in [-0.05, 0) is 25.1 Å². The molecule has 1 atom stereocenters. The van der Waals surface area contributed by atoms with E-state index in [4.69, 9.17) is 22.1 Å². The summed E-state index contributed by atoms with van der Waals surface area (Å²) < 4.78 is 20.4. The van der Waals surface area contributed by atoms with E-state index in [9.17, 15) is 4.39 Å². The molecule has 0 saturated carbocycles. The second-order valence-electron chi connectivity index (χ2n) is 4.47. The zero-order chi connectivity index (χ0) is 14.7. The number of nitrogens with two attached hydrogens (primary N) is 1. The summed E-state index contributed by atoms with van der Waals surface area (Å²) in [7, 11) is 0. The van der Waals surface area contributed by atoms with Gasteiger partial charge in [0.2, 0.25) is 0 Å². The number of rotatable bonds is 4. The summed E-state index contributed by atoms with van der Waals surface area (Å²) in [5, 5.41) is 0.0905. The molecule has 2 nitrogen and oxygen atoms in total. The predicted molar refractivity (Wildman–Crippen MR) is 82.5 cm³/mol. The molecule has 0 fully saturated rings. The van der Waals surface area contributed by atoms with Gasteiger partial charge in [0.05, 0.1) is 5.02 Å². The maximum absolute atomic E-state index is 13.8. The van der Waals surface area contributed by atoms with E-state index in [-0.39, 0.29) is 17.7 Å². The van der Waals surface area contributed by atoms with Crippen LogP contribution in [0.4, 0.5) is 4.39 Å². The van der Waals surface area contributed by atoms with Crippen LogP contribution in [0.2, 0.25) is 5.02 Å². The van der Waals surface area contributed by atoms with Gasteiger partial charge < -0.3 is 10.5 Å². The van der Waals surface area contributed by atoms with Crippen LogP contribution in [-0.2, 0) is 6.61 Å². The highest BCUT2D eigenvalue weighted by molar-refractivity contribution is 9.10. The monoisotopic (exact) mass is 357 g/mol. The van der Waals surface area contributed by atoms with Crippen molar-refractivity contribution in [3.63, 3.8) is 0 Å². The van der Waals surface area contributed by atoms with E-state index in [2.05, 4.69) is 15.9 Å². The van der Waals surface area contributed by atoms with Crippen LogP contribution < -0.4 is 10.5 Å². The van der Waals surface area contributed by atoms with Crippen molar-refractivity contribution >= 4 is 27.5 Å². The molecule has 20 heavy (non-hydrogen) atoms. The first-order chi connectivity index (χ1) is 9.49. The van der Waals surface area contributed by atoms with Crippen molar-refractivity contribution < 1.29 is 9.13 Å². The number of hydrogen-bond acceptors (Lipinski definition) is 2. The molecular formula is C15H14BrClFNO. The molecule has 0 amide bonds. The van der Waals surface area contributed by atoms with Gasteiger partial charge in [0.25, 0.3) is 0 Å². The molecule has 0 aliphatic carbocycles. The topological polar surface area (TPSA) is 35.2 Å². The van der Waals surface area contributed by atoms with Crippen LogP contribution in [0.1, 0.15) is 24.1 Å². The van der Waals surface area contributed by atoms with Gasteiger partial charge in [-0.3, -0.25) is 0 Å². The Kier molecular flexibility index (Phi) is 5.02. The van der Waals surface area contributed by atoms with Crippen molar-refractivity contribution in [1.29, 1.82) is 0 Å². The largest absolute Gasteiger partial charge is 0.488 e. The maximum atomic E-state index is 13.8. The van der Waals surface area contributed by atoms with Crippen molar-refractivity contribution in [3.05, 3.63) is 62.8 Å². The molecule has 0 radical (unpaired) electrons. The van der Waals surface area contributed by atoms with Crippen LogP contribution in [-0.4, -0.2) is 0 Å². The van der Waals surface area contributed by atoms with Crippen molar-refractivity contribution in [3.8, 4) is 5.75 Å². The molecule has 0 bridgehead atoms. The van der Waals surface area contributed by atoms with Gasteiger partial charge in [-0.1, -0.05) is 45.7 Å². The third-order valence-electron chi connectivity index (χ3n) is 2.88. The molecule has 106 valence electrons. The molecule has 2 aromatic rings. The van der Waals surface area contributed by atoms with Gasteiger partial charge >= 0.3 is 0 Å². The SMILES string of the molecule is CC(N)c1ccc(Br)cc1OCc1cccc(Cl)c1F. The van der Waals surface area contributed by atoms with E-state index in [1.165, 1.54) is 6.07 Å². The van der Waals surface area contributed by atoms with Gasteiger partial charge in [0.15, 0.2) is 0 Å². The molecule has 0 aliphatic heterocycles. The van der Waals surface area contributed by atoms with E-state index in [1.54, 1.807) is 12.1 Å². The zero-order valence-corrected chi connectivity index (χ0v) is 13.2. The lowest BCUT2D eigenvalue weighted by molar-refractivity contribution is 0.295. The minimum atomic E-state index is -0.452. The van der Waals surface area contributed by atoms with Gasteiger partial charge in [-0.2, -0.15) is 0 Å². The summed E-state index contributed by atoms with van der Waals surface area (Å²) in [5.74, 6) is 0.181. The molecule has 0 heterocycles. The van der Waals surface area contributed by atoms with Crippen molar-refractivity contribution in [1.82, 2.24) is 0 Å². The number of benzene rings is 2. The summed E-state index contributed by atoms with van der Waals surface area (Å²) in [4.78, 5) is 0. The summed E-state index contributed by atoms with van der Waals surface area (Å²) >= 11 is 9.13. The molecule has 2 N–H and O–H groups in total. The second-order valence-corrected chi connectivity index (χ2v) is 5.80. The Morgan fingerprint density at radius 2 is 2.10 bits per heavy atom. The third-order valence-corrected chi connectivity index (χ3v) is 3.67. The molecule has 0 saturated heterocycles. The molecule has 2 rings (SSSR count). The van der Waals surface area contributed by atoms with Crippen LogP contribution in [0, 0.1) is 5.82 Å². The minimum absolute atomic E-state index is 0.0905. The normalized spacial score (nSPS) is 12.2. The van der Waals surface area contributed by atoms with Crippen LogP contribution in [0.15, 0.2) is 40.9 Å². The average Bonchev–Trinajstić information content (AvgIpc) is 2.40. The number of ether oxygens (including phenoxy) is 1. The first kappa shape index (κ1) is 15.3. The summed E-state index contributed by atoms with van der Waals surface area (Å²) in [6, 6.07) is 10.3. The van der Waals surface area contributed by atoms with Gasteiger partial charge in [0, 0.05) is 21.6 Å². The molecule has 0 aromatic heterocycles. The maximum Gasteiger partial charge on any atom is 0.148 e. The fourth-order valence-electron chi connectivity index (χ4n) is 1.82. The van der Waals surface area contributed by atoms with Gasteiger partial charge in [-0.25, -0.2) is 4.39 Å². The molecular weight excluding hydrogens is 345 g/mol. The Balaban J connectivity index is 2.22. The summed E-state index contributed by atoms with van der Waals surface area (Å²) in [6.45, 7) is 1.97. The van der Waals surface area contributed by atoms with E-state index in [1.807, 2.05) is 25.1 Å². The first-order valence-corrected chi connectivity index (χ1v) is 7.27. The first-order valence-electron chi connectivity index (χ1n) is 6.09. The molecule has 0 spiro atoms. The average molecular weight is 359 g/mol. The lowest BCUT2D eigenvalue weighted by atomic mass is 10.1. The van der Waals surface area contributed by atoms with Crippen LogP contribution in [0.3, 0.4) is 0 Å². The van der Waals surface area contributed by atoms with Crippen LogP contribution in [0.25, 0.3) is 0 Å². The number of halogens is 3. The van der Waals surface area contributed by atoms with Gasteiger partial charge in [-0.15, -0.1) is 0 Å². The Hall–Kier alpha value is -1.10. The highest BCUT2D eigenvalue weighted by Gasteiger charge is 2.11. The second kappa shape index (κ2) is 6.57. The molecule has 1 unspecified atom stereocenters. The fraction of sp³-hybridized carbons (Fsp3) is 0.200. The van der Waals surface area contributed by atoms with Crippen LogP contribution >= 0.6 is 27.5 Å². The highest BCUT2D eigenvalue weighted by atomic mass is 79.9. The zero-order valence-electron chi connectivity index (χ0n) is 10.9. The highest BCUT2D eigenvalue weighted by Crippen LogP contribution is 2.29. The van der Waals surface area contributed by atoms with E-state index < -0.39 is 5.82 Å². The van der Waals surface area contributed by atoms with Crippen molar-refractivity contribution in [2.75, 3.05) is 0 Å². The smallest absolute Gasteiger partial charge is 0.148 e. The Morgan fingerprint density at radius 3 is 2.80 bits per heavy atom. The minimum Gasteiger partial charge on any atom is -0.488 e. The standard InChI is InChI=1S/C15H14BrClFNO/c1-9(19)12-6-5-11(16)7-14(12)20-8-10-3-2-4-13(17)15(10)18/h2-7,9H,8,19H2,1H3. The Labute approximate surface area is 130 Å². The predicted octanol–water partition coefficient (Wildman–Crippen LogP) is 4.84. The molecule has 5 heteroatoms. The Morgan fingerprint density at radius 1 is 1.35 bits per heavy atom. The molecule has 2 aromatic carbocycles. The quantitative estimate of drug-likeness (QED) is 0.848. The van der Waals surface area contributed by atoms with Gasteiger partial charge in [0.1, 0.15) is 18.2 Å². The lowest BCUT2D eigenvalue weighted by Gasteiger charge is -2.15. The summed E-state index contributed by atoms with van der Waals surface area (Å²) in [6.07, 6.45) is 0. The van der Waals surface area contributed by atoms with E-state index in [0.29, 0.717) is 11.3 Å². The molecule has 0 aliphatic rings. The number of hydrogen-bond donors (Lipinski definition) is 1. The van der Waals surface area contributed by atoms with Crippen molar-refractivity contribution in [2.45, 2.75) is 19.6 Å². The lowest BCUT2D eigenvalue weighted by Crippen LogP contribution is -2.08. The fourth-order valence-corrected chi connectivity index (χ4v) is 2.36. The van der Waals surface area contributed by atoms with E-state index >= 15 is 0 Å². The Bertz CT molecular complexity index is 619. The van der Waals surface area contributed by atoms with Crippen LogP contribution in [0.5, 0.6) is 5.75 Å². The van der Waals surface area contributed by atoms with Crippen molar-refractivity contribution in [2.24, 2.45) is 5.73 Å². The summed E-state index contributed by atoms with van der Waals surface area (Å²) in [5.41, 5.74) is 7.18. The van der Waals surface area contributed by atoms with E-state index in [0.717, 1.165) is 10.0 Å². The third kappa shape index (κ3) is 3.51.